The first-order valence-electron chi connectivity index (χ1n) is 10.4. The fourth-order valence-electron chi connectivity index (χ4n) is 2.81. The van der Waals surface area contributed by atoms with Gasteiger partial charge in [0.05, 0.1) is 6.10 Å². The zero-order chi connectivity index (χ0) is 23.8. The number of halogens is 1. The number of anilines is 2. The van der Waals surface area contributed by atoms with Crippen LogP contribution < -0.4 is 20.7 Å². The van der Waals surface area contributed by atoms with Crippen molar-refractivity contribution in [2.24, 2.45) is 0 Å². The van der Waals surface area contributed by atoms with Gasteiger partial charge in [0.25, 0.3) is 11.8 Å². The van der Waals surface area contributed by atoms with Crippen LogP contribution in [0.15, 0.2) is 72.8 Å². The number of amides is 2. The van der Waals surface area contributed by atoms with E-state index < -0.39 is 0 Å². The second-order valence-corrected chi connectivity index (χ2v) is 8.16. The monoisotopic (exact) mass is 481 g/mol. The van der Waals surface area contributed by atoms with Gasteiger partial charge in [-0.05, 0) is 92.3 Å². The molecule has 0 aliphatic carbocycles. The lowest BCUT2D eigenvalue weighted by Gasteiger charge is -2.13. The molecule has 0 aromatic heterocycles. The summed E-state index contributed by atoms with van der Waals surface area (Å²) in [6.07, 6.45) is 1.01. The van der Waals surface area contributed by atoms with Gasteiger partial charge in [-0.1, -0.05) is 24.6 Å². The van der Waals surface area contributed by atoms with Crippen LogP contribution in [0, 0.1) is 0 Å². The molecule has 0 spiro atoms. The zero-order valence-electron chi connectivity index (χ0n) is 18.2. The molecule has 0 bridgehead atoms. The molecule has 0 unspecified atom stereocenters. The quantitative estimate of drug-likeness (QED) is 0.366. The van der Waals surface area contributed by atoms with Crippen molar-refractivity contribution in [3.8, 4) is 5.75 Å². The van der Waals surface area contributed by atoms with Crippen LogP contribution >= 0.6 is 23.8 Å². The standard InChI is InChI=1S/C25H24ClN3O3S/c1-3-16(2)32-22-13-7-17(8-14-22)23(30)29-25(33)28-21-11-9-20(10-12-21)27-24(31)18-5-4-6-19(26)15-18/h4-16H,3H2,1-2H3,(H,27,31)(H2,28,29,30,33)/t16-/m0/s1. The van der Waals surface area contributed by atoms with E-state index in [1.54, 1.807) is 72.8 Å². The number of carbonyl (C=O) groups is 2. The molecule has 0 aliphatic heterocycles. The third-order valence-corrected chi connectivity index (χ3v) is 5.18. The van der Waals surface area contributed by atoms with Gasteiger partial charge >= 0.3 is 0 Å². The first-order valence-corrected chi connectivity index (χ1v) is 11.2. The molecule has 0 heterocycles. The Hall–Kier alpha value is -3.42. The third-order valence-electron chi connectivity index (χ3n) is 4.74. The Bertz CT molecular complexity index is 1130. The number of ether oxygens (including phenoxy) is 1. The lowest BCUT2D eigenvalue weighted by molar-refractivity contribution is 0.0976. The lowest BCUT2D eigenvalue weighted by atomic mass is 10.2. The van der Waals surface area contributed by atoms with Gasteiger partial charge in [-0.25, -0.2) is 0 Å². The maximum atomic E-state index is 12.4. The molecule has 8 heteroatoms. The summed E-state index contributed by atoms with van der Waals surface area (Å²) in [5.74, 6) is 0.124. The van der Waals surface area contributed by atoms with Crippen LogP contribution in [0.3, 0.4) is 0 Å². The minimum absolute atomic E-state index is 0.109. The molecule has 3 aromatic rings. The molecule has 0 saturated carbocycles. The zero-order valence-corrected chi connectivity index (χ0v) is 19.8. The highest BCUT2D eigenvalue weighted by Gasteiger charge is 2.10. The predicted octanol–water partition coefficient (Wildman–Crippen LogP) is 5.90. The molecule has 0 fully saturated rings. The number of benzene rings is 3. The Morgan fingerprint density at radius 1 is 0.909 bits per heavy atom. The molecule has 0 saturated heterocycles. The number of hydrogen-bond donors (Lipinski definition) is 3. The van der Waals surface area contributed by atoms with Crippen molar-refractivity contribution in [3.63, 3.8) is 0 Å². The normalized spacial score (nSPS) is 11.2. The van der Waals surface area contributed by atoms with Crippen LogP contribution in [0.2, 0.25) is 5.02 Å². The van der Waals surface area contributed by atoms with E-state index in [1.165, 1.54) is 0 Å². The Morgan fingerprint density at radius 2 is 1.55 bits per heavy atom. The van der Waals surface area contributed by atoms with Gasteiger partial charge in [-0.15, -0.1) is 0 Å². The molecule has 33 heavy (non-hydrogen) atoms. The molecule has 0 radical (unpaired) electrons. The summed E-state index contributed by atoms with van der Waals surface area (Å²) in [6, 6.07) is 20.5. The molecule has 1 atom stereocenters. The number of hydrogen-bond acceptors (Lipinski definition) is 4. The summed E-state index contributed by atoms with van der Waals surface area (Å²) >= 11 is 11.2. The summed E-state index contributed by atoms with van der Waals surface area (Å²) in [5.41, 5.74) is 2.21. The minimum Gasteiger partial charge on any atom is -0.491 e. The summed E-state index contributed by atoms with van der Waals surface area (Å²) in [5, 5.41) is 9.06. The predicted molar refractivity (Wildman–Crippen MR) is 136 cm³/mol. The van der Waals surface area contributed by atoms with E-state index >= 15 is 0 Å². The highest BCUT2D eigenvalue weighted by Crippen LogP contribution is 2.17. The van der Waals surface area contributed by atoms with E-state index in [0.29, 0.717) is 33.3 Å². The number of carbonyl (C=O) groups excluding carboxylic acids is 2. The largest absolute Gasteiger partial charge is 0.491 e. The van der Waals surface area contributed by atoms with Crippen molar-refractivity contribution in [1.82, 2.24) is 5.32 Å². The molecular formula is C25H24ClN3O3S. The number of rotatable bonds is 7. The molecule has 2 amide bonds. The van der Waals surface area contributed by atoms with Crippen molar-refractivity contribution in [3.05, 3.63) is 88.9 Å². The molecule has 3 N–H and O–H groups in total. The van der Waals surface area contributed by atoms with E-state index in [-0.39, 0.29) is 23.0 Å². The van der Waals surface area contributed by atoms with Crippen molar-refractivity contribution in [1.29, 1.82) is 0 Å². The fraction of sp³-hybridized carbons (Fsp3) is 0.160. The number of nitrogens with one attached hydrogen (secondary N) is 3. The summed E-state index contributed by atoms with van der Waals surface area (Å²) in [4.78, 5) is 24.7. The second-order valence-electron chi connectivity index (χ2n) is 7.31. The Kier molecular flexibility index (Phi) is 8.40. The SMILES string of the molecule is CC[C@H](C)Oc1ccc(C(=O)NC(=S)Nc2ccc(NC(=O)c3cccc(Cl)c3)cc2)cc1. The van der Waals surface area contributed by atoms with Crippen molar-refractivity contribution >= 4 is 52.1 Å². The van der Waals surface area contributed by atoms with Crippen LogP contribution in [0.5, 0.6) is 5.75 Å². The maximum absolute atomic E-state index is 12.4. The van der Waals surface area contributed by atoms with Crippen molar-refractivity contribution in [2.45, 2.75) is 26.4 Å². The molecule has 3 rings (SSSR count). The van der Waals surface area contributed by atoms with Crippen LogP contribution in [0.1, 0.15) is 41.0 Å². The lowest BCUT2D eigenvalue weighted by Crippen LogP contribution is -2.34. The van der Waals surface area contributed by atoms with Gasteiger partial charge in [-0.3, -0.25) is 14.9 Å². The molecule has 6 nitrogen and oxygen atoms in total. The minimum atomic E-state index is -0.326. The number of thiocarbonyl (C=S) groups is 1. The highest BCUT2D eigenvalue weighted by atomic mass is 35.5. The molecular weight excluding hydrogens is 458 g/mol. The summed E-state index contributed by atoms with van der Waals surface area (Å²) in [6.45, 7) is 4.04. The van der Waals surface area contributed by atoms with E-state index in [9.17, 15) is 9.59 Å². The van der Waals surface area contributed by atoms with Crippen LogP contribution in [-0.2, 0) is 0 Å². The van der Waals surface area contributed by atoms with Gasteiger partial charge in [0.2, 0.25) is 0 Å². The fourth-order valence-corrected chi connectivity index (χ4v) is 3.21. The smallest absolute Gasteiger partial charge is 0.257 e. The van der Waals surface area contributed by atoms with E-state index in [1.807, 2.05) is 13.8 Å². The summed E-state index contributed by atoms with van der Waals surface area (Å²) in [7, 11) is 0. The third kappa shape index (κ3) is 7.30. The van der Waals surface area contributed by atoms with E-state index in [0.717, 1.165) is 6.42 Å². The average Bonchev–Trinajstić information content (AvgIpc) is 2.80. The Balaban J connectivity index is 1.52. The van der Waals surface area contributed by atoms with E-state index in [4.69, 9.17) is 28.6 Å². The van der Waals surface area contributed by atoms with Gasteiger partial charge < -0.3 is 15.4 Å². The van der Waals surface area contributed by atoms with E-state index in [2.05, 4.69) is 16.0 Å². The van der Waals surface area contributed by atoms with Gasteiger partial charge in [0, 0.05) is 27.5 Å². The van der Waals surface area contributed by atoms with Crippen molar-refractivity contribution < 1.29 is 14.3 Å². The highest BCUT2D eigenvalue weighted by molar-refractivity contribution is 7.80. The molecule has 0 aliphatic rings. The Labute approximate surface area is 203 Å². The summed E-state index contributed by atoms with van der Waals surface area (Å²) < 4.78 is 5.72. The molecule has 3 aromatic carbocycles. The van der Waals surface area contributed by atoms with Gasteiger partial charge in [-0.2, -0.15) is 0 Å². The second kappa shape index (κ2) is 11.4. The average molecular weight is 482 g/mol. The van der Waals surface area contributed by atoms with Gasteiger partial charge in [0.15, 0.2) is 5.11 Å². The van der Waals surface area contributed by atoms with Crippen LogP contribution in [-0.4, -0.2) is 23.0 Å². The van der Waals surface area contributed by atoms with Crippen molar-refractivity contribution in [2.75, 3.05) is 10.6 Å². The maximum Gasteiger partial charge on any atom is 0.257 e. The topological polar surface area (TPSA) is 79.5 Å². The Morgan fingerprint density at radius 3 is 2.15 bits per heavy atom. The first kappa shape index (κ1) is 24.2. The van der Waals surface area contributed by atoms with Crippen LogP contribution in [0.25, 0.3) is 0 Å². The van der Waals surface area contributed by atoms with Gasteiger partial charge in [0.1, 0.15) is 5.75 Å². The first-order chi connectivity index (χ1) is 15.8. The molecule has 170 valence electrons. The van der Waals surface area contributed by atoms with Crippen LogP contribution in [0.4, 0.5) is 11.4 Å².